The van der Waals surface area contributed by atoms with Gasteiger partial charge in [-0.25, -0.2) is 0 Å². The van der Waals surface area contributed by atoms with E-state index >= 15 is 0 Å². The average Bonchev–Trinajstić information content (AvgIpc) is 3.11. The topological polar surface area (TPSA) is 60.7 Å². The molecule has 3 fully saturated rings. The van der Waals surface area contributed by atoms with Gasteiger partial charge in [0.1, 0.15) is 0 Å². The summed E-state index contributed by atoms with van der Waals surface area (Å²) in [5, 5.41) is 30.8. The minimum absolute atomic E-state index is 0.120. The zero-order valence-corrected chi connectivity index (χ0v) is 18.7. The van der Waals surface area contributed by atoms with E-state index < -0.39 is 31.5 Å². The van der Waals surface area contributed by atoms with E-state index in [-0.39, 0.29) is 11.8 Å². The lowest BCUT2D eigenvalue weighted by atomic mass is 9.60. The SMILES string of the molecule is [3H]C([3H])([3H])C(O)(CCC[C@@H](C)[C@H]1CC[C@H]2/C(=C/C=C3/C[C@@H](O)C[C@H](O)C3=C)CCC[C@]12C)C([3H])([3H])[3H]. The lowest BCUT2D eigenvalue weighted by Gasteiger charge is -2.44. The van der Waals surface area contributed by atoms with E-state index in [0.29, 0.717) is 49.0 Å². The van der Waals surface area contributed by atoms with Crippen LogP contribution in [0.3, 0.4) is 0 Å². The van der Waals surface area contributed by atoms with Crippen LogP contribution in [0.2, 0.25) is 0 Å². The van der Waals surface area contributed by atoms with Gasteiger partial charge in [0.15, 0.2) is 0 Å². The van der Waals surface area contributed by atoms with Gasteiger partial charge in [-0.3, -0.25) is 0 Å². The molecule has 0 saturated heterocycles. The summed E-state index contributed by atoms with van der Waals surface area (Å²) < 4.78 is 45.6. The molecule has 3 aliphatic rings. The molecule has 3 aliphatic carbocycles. The standard InChI is InChI=1S/C27H44O3/c1-18(8-6-14-26(3,4)30)23-12-13-24-20(9-7-15-27(23,24)5)10-11-21-16-22(28)17-25(29)19(21)2/h10-11,18,22-25,28-30H,2,6-9,12-17H2,1,3-5H3/b20-10+,21-11-/t18-,22-,23-,24+,25+,27-/m1/s1/i3T3,4T3. The van der Waals surface area contributed by atoms with E-state index in [1.807, 2.05) is 6.08 Å². The van der Waals surface area contributed by atoms with E-state index in [2.05, 4.69) is 26.5 Å². The van der Waals surface area contributed by atoms with Gasteiger partial charge in [0.05, 0.1) is 17.8 Å². The van der Waals surface area contributed by atoms with Crippen molar-refractivity contribution in [3.05, 3.63) is 35.5 Å². The first-order valence-electron chi connectivity index (χ1n) is 14.7. The maximum atomic E-state index is 10.6. The van der Waals surface area contributed by atoms with Crippen LogP contribution in [0.15, 0.2) is 35.5 Å². The predicted octanol–water partition coefficient (Wildman–Crippen LogP) is 5.70. The summed E-state index contributed by atoms with van der Waals surface area (Å²) in [5.74, 6) is 1.18. The number of hydrogen-bond acceptors (Lipinski definition) is 3. The quantitative estimate of drug-likeness (QED) is 0.508. The summed E-state index contributed by atoms with van der Waals surface area (Å²) in [5.41, 5.74) is 0.463. The maximum Gasteiger partial charge on any atom is 0.0811 e. The third-order valence-electron chi connectivity index (χ3n) is 8.19. The molecule has 0 spiro atoms. The fourth-order valence-electron chi connectivity index (χ4n) is 6.56. The van der Waals surface area contributed by atoms with Gasteiger partial charge in [-0.05, 0) is 93.0 Å². The second-order valence-corrected chi connectivity index (χ2v) is 10.4. The molecule has 3 N–H and O–H groups in total. The van der Waals surface area contributed by atoms with Crippen molar-refractivity contribution in [1.82, 2.24) is 0 Å². The molecular formula is C27H44O3. The van der Waals surface area contributed by atoms with Gasteiger partial charge in [-0.1, -0.05) is 51.0 Å². The molecule has 6 atom stereocenters. The Morgan fingerprint density at radius 1 is 1.30 bits per heavy atom. The summed E-state index contributed by atoms with van der Waals surface area (Å²) in [4.78, 5) is 0. The number of fused-ring (bicyclic) bond motifs is 1. The normalized spacial score (nSPS) is 42.6. The highest BCUT2D eigenvalue weighted by Crippen LogP contribution is 2.60. The van der Waals surface area contributed by atoms with Crippen LogP contribution in [-0.2, 0) is 0 Å². The van der Waals surface area contributed by atoms with Gasteiger partial charge in [-0.2, -0.15) is 0 Å². The predicted molar refractivity (Wildman–Crippen MR) is 124 cm³/mol. The molecule has 3 nitrogen and oxygen atoms in total. The second-order valence-electron chi connectivity index (χ2n) is 10.4. The molecule has 0 heterocycles. The summed E-state index contributed by atoms with van der Waals surface area (Å²) >= 11 is 0. The maximum absolute atomic E-state index is 10.6. The van der Waals surface area contributed by atoms with Crippen LogP contribution >= 0.6 is 0 Å². The Hall–Kier alpha value is -0.900. The number of aliphatic hydroxyl groups excluding tert-OH is 2. The molecule has 3 heteroatoms. The van der Waals surface area contributed by atoms with Crippen molar-refractivity contribution < 1.29 is 23.5 Å². The first kappa shape index (κ1) is 16.7. The van der Waals surface area contributed by atoms with Gasteiger partial charge < -0.3 is 15.3 Å². The molecule has 0 aromatic carbocycles. The second kappa shape index (κ2) is 9.30. The van der Waals surface area contributed by atoms with Crippen molar-refractivity contribution in [2.24, 2.45) is 23.2 Å². The zero-order chi connectivity index (χ0) is 27.1. The van der Waals surface area contributed by atoms with Crippen molar-refractivity contribution in [2.75, 3.05) is 0 Å². The molecule has 0 amide bonds. The summed E-state index contributed by atoms with van der Waals surface area (Å²) in [6.07, 6.45) is 10.0. The van der Waals surface area contributed by atoms with Gasteiger partial charge in [-0.15, -0.1) is 0 Å². The molecule has 0 aliphatic heterocycles. The minimum atomic E-state index is -2.96. The van der Waals surface area contributed by atoms with Gasteiger partial charge in [0.2, 0.25) is 0 Å². The molecular weight excluding hydrogens is 372 g/mol. The Kier molecular flexibility index (Phi) is 5.18. The lowest BCUT2D eigenvalue weighted by molar-refractivity contribution is 0.0596. The molecule has 0 aromatic heterocycles. The zero-order valence-electron chi connectivity index (χ0n) is 24.7. The summed E-state index contributed by atoms with van der Waals surface area (Å²) in [6, 6.07) is 0. The van der Waals surface area contributed by atoms with Crippen LogP contribution in [0.4, 0.5) is 0 Å². The monoisotopic (exact) mass is 428 g/mol. The Morgan fingerprint density at radius 3 is 2.80 bits per heavy atom. The summed E-state index contributed by atoms with van der Waals surface area (Å²) in [7, 11) is 0. The molecule has 3 saturated carbocycles. The lowest BCUT2D eigenvalue weighted by Crippen LogP contribution is -2.36. The van der Waals surface area contributed by atoms with Crippen molar-refractivity contribution in [3.63, 3.8) is 0 Å². The fourth-order valence-corrected chi connectivity index (χ4v) is 6.56. The Bertz CT molecular complexity index is 860. The summed E-state index contributed by atoms with van der Waals surface area (Å²) in [6.45, 7) is 2.64. The van der Waals surface area contributed by atoms with Gasteiger partial charge in [0.25, 0.3) is 0 Å². The van der Waals surface area contributed by atoms with E-state index in [1.165, 1.54) is 5.57 Å². The van der Waals surface area contributed by atoms with Crippen molar-refractivity contribution >= 4 is 0 Å². The molecule has 170 valence electrons. The van der Waals surface area contributed by atoms with E-state index in [9.17, 15) is 15.3 Å². The van der Waals surface area contributed by atoms with Crippen LogP contribution < -0.4 is 0 Å². The van der Waals surface area contributed by atoms with Gasteiger partial charge in [0, 0.05) is 14.6 Å². The third-order valence-corrected chi connectivity index (χ3v) is 8.19. The van der Waals surface area contributed by atoms with Crippen LogP contribution in [0.5, 0.6) is 0 Å². The van der Waals surface area contributed by atoms with Crippen LogP contribution in [0.1, 0.15) is 100.0 Å². The molecule has 0 aromatic rings. The van der Waals surface area contributed by atoms with Crippen molar-refractivity contribution in [3.8, 4) is 0 Å². The number of hydrogen-bond donors (Lipinski definition) is 3. The molecule has 0 radical (unpaired) electrons. The molecule has 0 bridgehead atoms. The largest absolute Gasteiger partial charge is 0.393 e. The highest BCUT2D eigenvalue weighted by atomic mass is 16.3. The van der Waals surface area contributed by atoms with E-state index in [4.69, 9.17) is 8.22 Å². The first-order valence-corrected chi connectivity index (χ1v) is 11.7. The van der Waals surface area contributed by atoms with E-state index in [1.54, 1.807) is 0 Å². The van der Waals surface area contributed by atoms with E-state index in [0.717, 1.165) is 37.7 Å². The van der Waals surface area contributed by atoms with Gasteiger partial charge >= 0.3 is 0 Å². The Labute approximate surface area is 192 Å². The highest BCUT2D eigenvalue weighted by molar-refractivity contribution is 5.38. The molecule has 30 heavy (non-hydrogen) atoms. The van der Waals surface area contributed by atoms with Crippen LogP contribution in [0, 0.1) is 23.2 Å². The number of rotatable bonds is 6. The molecule has 3 rings (SSSR count). The van der Waals surface area contributed by atoms with Crippen molar-refractivity contribution in [1.29, 1.82) is 0 Å². The Balaban J connectivity index is 1.69. The smallest absolute Gasteiger partial charge is 0.0811 e. The fraction of sp³-hybridized carbons (Fsp3) is 0.778. The number of allylic oxidation sites excluding steroid dienone is 3. The highest BCUT2D eigenvalue weighted by Gasteiger charge is 2.50. The first-order chi connectivity index (χ1) is 16.5. The van der Waals surface area contributed by atoms with Crippen LogP contribution in [-0.4, -0.2) is 33.1 Å². The minimum Gasteiger partial charge on any atom is -0.393 e. The third kappa shape index (κ3) is 5.29. The van der Waals surface area contributed by atoms with Crippen LogP contribution in [0.25, 0.3) is 0 Å². The van der Waals surface area contributed by atoms with Crippen molar-refractivity contribution in [2.45, 2.75) is 110 Å². The average molecular weight is 429 g/mol. The molecule has 0 unspecified atom stereocenters. The number of aliphatic hydroxyl groups is 3. The Morgan fingerprint density at radius 2 is 2.07 bits per heavy atom.